The van der Waals surface area contributed by atoms with Crippen molar-refractivity contribution in [1.29, 1.82) is 0 Å². The molecule has 5 nitrogen and oxygen atoms in total. The molecule has 0 saturated carbocycles. The maximum absolute atomic E-state index is 12.8. The number of esters is 1. The first-order valence-electron chi connectivity index (χ1n) is 8.29. The van der Waals surface area contributed by atoms with Crippen LogP contribution in [0, 0.1) is 6.92 Å². The summed E-state index contributed by atoms with van der Waals surface area (Å²) in [5.41, 5.74) is -1.22. The molecule has 1 aromatic heterocycles. The zero-order valence-electron chi connectivity index (χ0n) is 15.9. The summed E-state index contributed by atoms with van der Waals surface area (Å²) in [6.07, 6.45) is -0.482. The van der Waals surface area contributed by atoms with Crippen LogP contribution in [0.5, 0.6) is 0 Å². The fourth-order valence-electron chi connectivity index (χ4n) is 2.40. The number of hydrogen-bond donors (Lipinski definition) is 0. The van der Waals surface area contributed by atoms with Crippen LogP contribution in [0.1, 0.15) is 56.7 Å². The predicted octanol–water partition coefficient (Wildman–Crippen LogP) is 4.75. The lowest BCUT2D eigenvalue weighted by atomic mass is 10.2. The molecule has 140 valence electrons. The molecule has 0 aromatic carbocycles. The van der Waals surface area contributed by atoms with Gasteiger partial charge in [-0.2, -0.15) is 0 Å². The zero-order valence-corrected chi connectivity index (χ0v) is 17.5. The lowest BCUT2D eigenvalue weighted by molar-refractivity contribution is -0.160. The number of nitrogens with zero attached hydrogens (tertiary/aromatic N) is 1. The monoisotopic (exact) mass is 385 g/mol. The van der Waals surface area contributed by atoms with E-state index in [0.717, 1.165) is 4.88 Å². The Labute approximate surface area is 158 Å². The number of carbonyl (C=O) groups is 2. The van der Waals surface area contributed by atoms with Gasteiger partial charge in [0.2, 0.25) is 0 Å². The third kappa shape index (κ3) is 5.38. The Morgan fingerprint density at radius 3 is 2.16 bits per heavy atom. The second-order valence-electron chi connectivity index (χ2n) is 8.07. The van der Waals surface area contributed by atoms with Crippen molar-refractivity contribution in [3.63, 3.8) is 0 Å². The Bertz CT molecular complexity index is 642. The van der Waals surface area contributed by atoms with Crippen molar-refractivity contribution in [1.82, 2.24) is 4.90 Å². The predicted molar refractivity (Wildman–Crippen MR) is 102 cm³/mol. The summed E-state index contributed by atoms with van der Waals surface area (Å²) in [5, 5.41) is -0.230. The van der Waals surface area contributed by atoms with Crippen LogP contribution in [-0.2, 0) is 14.3 Å². The summed E-state index contributed by atoms with van der Waals surface area (Å²) >= 11 is 3.20. The third-order valence-corrected chi connectivity index (χ3v) is 5.80. The van der Waals surface area contributed by atoms with E-state index in [1.54, 1.807) is 23.1 Å². The van der Waals surface area contributed by atoms with Crippen LogP contribution < -0.4 is 0 Å². The van der Waals surface area contributed by atoms with Gasteiger partial charge in [-0.15, -0.1) is 23.1 Å². The first-order valence-corrected chi connectivity index (χ1v) is 10.2. The molecule has 25 heavy (non-hydrogen) atoms. The lowest BCUT2D eigenvalue weighted by Crippen LogP contribution is -2.47. The summed E-state index contributed by atoms with van der Waals surface area (Å²) < 4.78 is 11.1. The van der Waals surface area contributed by atoms with Crippen LogP contribution >= 0.6 is 23.1 Å². The molecule has 0 radical (unpaired) electrons. The van der Waals surface area contributed by atoms with E-state index in [9.17, 15) is 9.59 Å². The first kappa shape index (κ1) is 20.1. The molecule has 1 aliphatic heterocycles. The van der Waals surface area contributed by atoms with E-state index >= 15 is 0 Å². The van der Waals surface area contributed by atoms with Gasteiger partial charge in [-0.1, -0.05) is 0 Å². The number of rotatable bonds is 2. The van der Waals surface area contributed by atoms with E-state index in [1.165, 1.54) is 9.78 Å². The first-order chi connectivity index (χ1) is 11.4. The minimum atomic E-state index is -0.647. The molecule has 0 bridgehead atoms. The van der Waals surface area contributed by atoms with Gasteiger partial charge in [0.15, 0.2) is 0 Å². The van der Waals surface area contributed by atoms with Crippen molar-refractivity contribution < 1.29 is 19.1 Å². The molecule has 1 unspecified atom stereocenters. The summed E-state index contributed by atoms with van der Waals surface area (Å²) in [7, 11) is 0. The fourth-order valence-corrected chi connectivity index (χ4v) is 4.91. The van der Waals surface area contributed by atoms with Gasteiger partial charge < -0.3 is 9.47 Å². The minimum absolute atomic E-state index is 0.230. The van der Waals surface area contributed by atoms with Crippen molar-refractivity contribution in [2.75, 3.05) is 5.75 Å². The Morgan fingerprint density at radius 1 is 1.08 bits per heavy atom. The van der Waals surface area contributed by atoms with Crippen LogP contribution in [0.25, 0.3) is 0 Å². The van der Waals surface area contributed by atoms with Crippen LogP contribution in [-0.4, -0.2) is 40.0 Å². The summed E-state index contributed by atoms with van der Waals surface area (Å²) in [6.45, 7) is 13.0. The largest absolute Gasteiger partial charge is 0.458 e. The molecule has 2 atom stereocenters. The number of amides is 1. The molecule has 0 N–H and O–H groups in total. The third-order valence-electron chi connectivity index (χ3n) is 3.29. The molecule has 1 fully saturated rings. The van der Waals surface area contributed by atoms with Crippen LogP contribution in [0.4, 0.5) is 4.79 Å². The average molecular weight is 386 g/mol. The van der Waals surface area contributed by atoms with Crippen molar-refractivity contribution >= 4 is 35.2 Å². The van der Waals surface area contributed by atoms with Crippen molar-refractivity contribution in [3.05, 3.63) is 21.9 Å². The standard InChI is InChI=1S/C18H27NO4S2/c1-11-8-9-13(25-11)14-19(16(21)23-18(5,6)7)12(10-24-14)15(20)22-17(2,3)4/h8-9,12,14H,10H2,1-7H3/t12-,14?/m0/s1. The summed E-state index contributed by atoms with van der Waals surface area (Å²) in [4.78, 5) is 29.2. The molecule has 1 aliphatic rings. The topological polar surface area (TPSA) is 55.8 Å². The number of carbonyl (C=O) groups excluding carboxylic acids is 2. The van der Waals surface area contributed by atoms with Gasteiger partial charge >= 0.3 is 12.1 Å². The zero-order chi connectivity index (χ0) is 19.0. The van der Waals surface area contributed by atoms with Crippen LogP contribution in [0.15, 0.2) is 12.1 Å². The Hall–Kier alpha value is -1.21. The highest BCUT2D eigenvalue weighted by atomic mass is 32.2. The molecular weight excluding hydrogens is 358 g/mol. The van der Waals surface area contributed by atoms with Gasteiger partial charge in [0.05, 0.1) is 0 Å². The Morgan fingerprint density at radius 2 is 1.68 bits per heavy atom. The van der Waals surface area contributed by atoms with Crippen molar-refractivity contribution in [3.8, 4) is 0 Å². The summed E-state index contributed by atoms with van der Waals surface area (Å²) in [5.74, 6) is 0.108. The number of thiophene rings is 1. The molecule has 2 heterocycles. The van der Waals surface area contributed by atoms with Gasteiger partial charge in [-0.3, -0.25) is 4.90 Å². The minimum Gasteiger partial charge on any atom is -0.458 e. The maximum Gasteiger partial charge on any atom is 0.412 e. The van der Waals surface area contributed by atoms with Gasteiger partial charge in [0.1, 0.15) is 22.6 Å². The lowest BCUT2D eigenvalue weighted by Gasteiger charge is -2.32. The molecule has 0 aliphatic carbocycles. The molecule has 0 spiro atoms. The molecule has 1 aromatic rings. The van der Waals surface area contributed by atoms with Gasteiger partial charge in [0.25, 0.3) is 0 Å². The van der Waals surface area contributed by atoms with Gasteiger partial charge in [0, 0.05) is 15.5 Å². The smallest absolute Gasteiger partial charge is 0.412 e. The molecule has 7 heteroatoms. The normalized spacial score (nSPS) is 21.3. The number of aryl methyl sites for hydroxylation is 1. The van der Waals surface area contributed by atoms with Crippen molar-refractivity contribution in [2.45, 2.75) is 71.1 Å². The van der Waals surface area contributed by atoms with E-state index < -0.39 is 23.3 Å². The highest BCUT2D eigenvalue weighted by Gasteiger charge is 2.46. The second-order valence-corrected chi connectivity index (χ2v) is 10.5. The van der Waals surface area contributed by atoms with Gasteiger partial charge in [-0.25, -0.2) is 9.59 Å². The maximum atomic E-state index is 12.8. The van der Waals surface area contributed by atoms with E-state index in [0.29, 0.717) is 5.75 Å². The van der Waals surface area contributed by atoms with E-state index in [-0.39, 0.29) is 11.3 Å². The Balaban J connectivity index is 2.29. The number of ether oxygens (including phenoxy) is 2. The number of hydrogen-bond acceptors (Lipinski definition) is 6. The molecule has 1 saturated heterocycles. The van der Waals surface area contributed by atoms with E-state index in [2.05, 4.69) is 0 Å². The van der Waals surface area contributed by atoms with Crippen LogP contribution in [0.2, 0.25) is 0 Å². The highest BCUT2D eigenvalue weighted by Crippen LogP contribution is 2.45. The van der Waals surface area contributed by atoms with Crippen LogP contribution in [0.3, 0.4) is 0 Å². The fraction of sp³-hybridized carbons (Fsp3) is 0.667. The Kier molecular flexibility index (Phi) is 5.78. The van der Waals surface area contributed by atoms with Crippen molar-refractivity contribution in [2.24, 2.45) is 0 Å². The van der Waals surface area contributed by atoms with E-state index in [4.69, 9.17) is 9.47 Å². The quantitative estimate of drug-likeness (QED) is 0.688. The molecular formula is C18H27NO4S2. The summed E-state index contributed by atoms with van der Waals surface area (Å²) in [6, 6.07) is 3.38. The molecule has 1 amide bonds. The number of thioether (sulfide) groups is 1. The second kappa shape index (κ2) is 7.19. The van der Waals surface area contributed by atoms with Gasteiger partial charge in [-0.05, 0) is 60.6 Å². The average Bonchev–Trinajstić information content (AvgIpc) is 2.99. The molecule has 2 rings (SSSR count). The van der Waals surface area contributed by atoms with E-state index in [1.807, 2.05) is 60.6 Å². The highest BCUT2D eigenvalue weighted by molar-refractivity contribution is 7.99. The SMILES string of the molecule is Cc1ccc(C2SC[C@@H](C(=O)OC(C)(C)C)N2C(=O)OC(C)(C)C)s1.